The Morgan fingerprint density at radius 1 is 1.17 bits per heavy atom. The molecule has 0 radical (unpaired) electrons. The van der Waals surface area contributed by atoms with Gasteiger partial charge in [-0.05, 0) is 49.1 Å². The van der Waals surface area contributed by atoms with E-state index >= 15 is 0 Å². The minimum absolute atomic E-state index is 0.170. The Bertz CT molecular complexity index is 711. The van der Waals surface area contributed by atoms with Crippen molar-refractivity contribution in [2.45, 2.75) is 25.7 Å². The van der Waals surface area contributed by atoms with E-state index in [9.17, 15) is 4.79 Å². The van der Waals surface area contributed by atoms with Crippen LogP contribution in [0.4, 0.5) is 5.82 Å². The van der Waals surface area contributed by atoms with Crippen LogP contribution in [0, 0.1) is 17.2 Å². The number of nitriles is 1. The van der Waals surface area contributed by atoms with Gasteiger partial charge in [-0.3, -0.25) is 4.79 Å². The van der Waals surface area contributed by atoms with Crippen molar-refractivity contribution in [3.05, 3.63) is 59.8 Å². The number of aryl methyl sites for hydroxylation is 1. The standard InChI is InChI=1S/C20H21N3O/c21-15-17-6-4-16(5-7-17)8-9-19(24)18-10-13-23(14-11-18)20-3-1-2-12-22-20/h1-7,12,18H,8-11,13-14H2. The fraction of sp³-hybridized carbons (Fsp3) is 0.350. The highest BCUT2D eigenvalue weighted by Gasteiger charge is 2.25. The molecule has 4 nitrogen and oxygen atoms in total. The second kappa shape index (κ2) is 7.74. The first kappa shape index (κ1) is 16.2. The van der Waals surface area contributed by atoms with Crippen LogP contribution in [0.5, 0.6) is 0 Å². The van der Waals surface area contributed by atoms with Crippen molar-refractivity contribution in [2.24, 2.45) is 5.92 Å². The first-order valence-corrected chi connectivity index (χ1v) is 8.44. The Hall–Kier alpha value is -2.67. The molecule has 2 heterocycles. The number of ketones is 1. The van der Waals surface area contributed by atoms with Gasteiger partial charge in [-0.2, -0.15) is 5.26 Å². The van der Waals surface area contributed by atoms with E-state index in [2.05, 4.69) is 16.0 Å². The quantitative estimate of drug-likeness (QED) is 0.848. The number of Topliss-reactive ketones (excluding diaryl/α,β-unsaturated/α-hetero) is 1. The molecule has 1 aliphatic rings. The zero-order valence-electron chi connectivity index (χ0n) is 13.7. The van der Waals surface area contributed by atoms with E-state index in [1.54, 1.807) is 0 Å². The third kappa shape index (κ3) is 3.99. The summed E-state index contributed by atoms with van der Waals surface area (Å²) < 4.78 is 0. The summed E-state index contributed by atoms with van der Waals surface area (Å²) in [5.41, 5.74) is 1.78. The van der Waals surface area contributed by atoms with Crippen LogP contribution < -0.4 is 4.90 Å². The Morgan fingerprint density at radius 2 is 1.92 bits per heavy atom. The fourth-order valence-electron chi connectivity index (χ4n) is 3.19. The maximum Gasteiger partial charge on any atom is 0.136 e. The molecule has 0 unspecified atom stereocenters. The lowest BCUT2D eigenvalue weighted by atomic mass is 9.89. The van der Waals surface area contributed by atoms with Crippen molar-refractivity contribution < 1.29 is 4.79 Å². The predicted molar refractivity (Wildman–Crippen MR) is 93.7 cm³/mol. The zero-order valence-corrected chi connectivity index (χ0v) is 13.7. The molecule has 0 saturated carbocycles. The van der Waals surface area contributed by atoms with Gasteiger partial charge in [0.1, 0.15) is 11.6 Å². The van der Waals surface area contributed by atoms with Crippen molar-refractivity contribution in [2.75, 3.05) is 18.0 Å². The van der Waals surface area contributed by atoms with Crippen LogP contribution in [0.2, 0.25) is 0 Å². The van der Waals surface area contributed by atoms with Gasteiger partial charge < -0.3 is 4.90 Å². The summed E-state index contributed by atoms with van der Waals surface area (Å²) in [5.74, 6) is 1.53. The number of benzene rings is 1. The molecule has 0 amide bonds. The molecule has 2 aromatic rings. The highest BCUT2D eigenvalue weighted by Crippen LogP contribution is 2.23. The fourth-order valence-corrected chi connectivity index (χ4v) is 3.19. The van der Waals surface area contributed by atoms with Gasteiger partial charge >= 0.3 is 0 Å². The molecule has 1 fully saturated rings. The lowest BCUT2D eigenvalue weighted by Crippen LogP contribution is -2.36. The summed E-state index contributed by atoms with van der Waals surface area (Å²) in [6.45, 7) is 1.79. The number of anilines is 1. The van der Waals surface area contributed by atoms with Crippen LogP contribution in [0.1, 0.15) is 30.4 Å². The molecule has 0 bridgehead atoms. The molecule has 3 rings (SSSR count). The first-order chi connectivity index (χ1) is 11.8. The molecule has 122 valence electrons. The van der Waals surface area contributed by atoms with Crippen molar-refractivity contribution >= 4 is 11.6 Å². The number of rotatable bonds is 5. The van der Waals surface area contributed by atoms with Gasteiger partial charge in [0.2, 0.25) is 0 Å². The molecule has 0 atom stereocenters. The maximum atomic E-state index is 12.5. The average Bonchev–Trinajstić information content (AvgIpc) is 2.67. The van der Waals surface area contributed by atoms with Crippen molar-refractivity contribution in [1.29, 1.82) is 5.26 Å². The SMILES string of the molecule is N#Cc1ccc(CCC(=O)C2CCN(c3ccccn3)CC2)cc1. The molecule has 24 heavy (non-hydrogen) atoms. The third-order valence-corrected chi connectivity index (χ3v) is 4.67. The number of hydrogen-bond acceptors (Lipinski definition) is 4. The topological polar surface area (TPSA) is 57.0 Å². The van der Waals surface area contributed by atoms with Gasteiger partial charge in [-0.1, -0.05) is 18.2 Å². The van der Waals surface area contributed by atoms with E-state index in [4.69, 9.17) is 5.26 Å². The van der Waals surface area contributed by atoms with Crippen molar-refractivity contribution in [1.82, 2.24) is 4.98 Å². The number of nitrogens with zero attached hydrogens (tertiary/aromatic N) is 3. The van der Waals surface area contributed by atoms with Crippen LogP contribution >= 0.6 is 0 Å². The average molecular weight is 319 g/mol. The normalized spacial score (nSPS) is 15.0. The molecule has 1 saturated heterocycles. The van der Waals surface area contributed by atoms with E-state index in [0.717, 1.165) is 43.7 Å². The minimum Gasteiger partial charge on any atom is -0.357 e. The molecule has 4 heteroatoms. The Labute approximate surface area is 142 Å². The van der Waals surface area contributed by atoms with E-state index < -0.39 is 0 Å². The van der Waals surface area contributed by atoms with Gasteiger partial charge in [-0.25, -0.2) is 4.98 Å². The lowest BCUT2D eigenvalue weighted by molar-refractivity contribution is -0.123. The summed E-state index contributed by atoms with van der Waals surface area (Å²) >= 11 is 0. The molecule has 0 aliphatic carbocycles. The maximum absolute atomic E-state index is 12.5. The third-order valence-electron chi connectivity index (χ3n) is 4.67. The Balaban J connectivity index is 1.47. The van der Waals surface area contributed by atoms with Crippen molar-refractivity contribution in [3.63, 3.8) is 0 Å². The summed E-state index contributed by atoms with van der Waals surface area (Å²) in [6.07, 6.45) is 4.96. The summed E-state index contributed by atoms with van der Waals surface area (Å²) in [4.78, 5) is 19.1. The molecular weight excluding hydrogens is 298 g/mol. The summed E-state index contributed by atoms with van der Waals surface area (Å²) in [5, 5.41) is 8.81. The van der Waals surface area contributed by atoms with Crippen molar-refractivity contribution in [3.8, 4) is 6.07 Å². The summed E-state index contributed by atoms with van der Waals surface area (Å²) in [7, 11) is 0. The van der Waals surface area contributed by atoms with Crippen LogP contribution in [0.25, 0.3) is 0 Å². The summed E-state index contributed by atoms with van der Waals surface area (Å²) in [6, 6.07) is 15.6. The lowest BCUT2D eigenvalue weighted by Gasteiger charge is -2.32. The minimum atomic E-state index is 0.170. The Kier molecular flexibility index (Phi) is 5.22. The van der Waals surface area contributed by atoms with Crippen LogP contribution in [-0.2, 0) is 11.2 Å². The monoisotopic (exact) mass is 319 g/mol. The van der Waals surface area contributed by atoms with Crippen LogP contribution in [0.15, 0.2) is 48.7 Å². The predicted octanol–water partition coefficient (Wildman–Crippen LogP) is 3.37. The number of aromatic nitrogens is 1. The van der Waals surface area contributed by atoms with Gasteiger partial charge in [0.05, 0.1) is 11.6 Å². The molecule has 0 N–H and O–H groups in total. The molecule has 0 spiro atoms. The largest absolute Gasteiger partial charge is 0.357 e. The van der Waals surface area contributed by atoms with E-state index in [-0.39, 0.29) is 5.92 Å². The molecular formula is C20H21N3O. The van der Waals surface area contributed by atoms with Gasteiger partial charge in [0, 0.05) is 31.6 Å². The first-order valence-electron chi connectivity index (χ1n) is 8.44. The number of hydrogen-bond donors (Lipinski definition) is 0. The molecule has 1 aromatic carbocycles. The number of pyridine rings is 1. The van der Waals surface area contributed by atoms with Gasteiger partial charge in [0.25, 0.3) is 0 Å². The highest BCUT2D eigenvalue weighted by molar-refractivity contribution is 5.81. The second-order valence-corrected chi connectivity index (χ2v) is 6.22. The van der Waals surface area contributed by atoms with E-state index in [1.165, 1.54) is 0 Å². The van der Waals surface area contributed by atoms with Crippen LogP contribution in [-0.4, -0.2) is 23.9 Å². The second-order valence-electron chi connectivity index (χ2n) is 6.22. The number of carbonyl (C=O) groups is 1. The van der Waals surface area contributed by atoms with E-state index in [1.807, 2.05) is 48.7 Å². The number of carbonyl (C=O) groups excluding carboxylic acids is 1. The zero-order chi connectivity index (χ0) is 16.8. The molecule has 1 aliphatic heterocycles. The number of piperidine rings is 1. The van der Waals surface area contributed by atoms with Gasteiger partial charge in [-0.15, -0.1) is 0 Å². The van der Waals surface area contributed by atoms with E-state index in [0.29, 0.717) is 17.8 Å². The smallest absolute Gasteiger partial charge is 0.136 e. The van der Waals surface area contributed by atoms with Crippen LogP contribution in [0.3, 0.4) is 0 Å². The Morgan fingerprint density at radius 3 is 2.54 bits per heavy atom. The van der Waals surface area contributed by atoms with Gasteiger partial charge in [0.15, 0.2) is 0 Å². The molecule has 1 aromatic heterocycles. The highest BCUT2D eigenvalue weighted by atomic mass is 16.1.